The Morgan fingerprint density at radius 2 is 1.78 bits per heavy atom. The van der Waals surface area contributed by atoms with Gasteiger partial charge >= 0.3 is 5.97 Å². The predicted octanol–water partition coefficient (Wildman–Crippen LogP) is 2.97. The Morgan fingerprint density at radius 3 is 2.35 bits per heavy atom. The Hall–Kier alpha value is -3.09. The van der Waals surface area contributed by atoms with Crippen molar-refractivity contribution >= 4 is 11.7 Å². The van der Waals surface area contributed by atoms with Crippen molar-refractivity contribution in [1.29, 1.82) is 0 Å². The minimum absolute atomic E-state index is 0.00946. The van der Waals surface area contributed by atoms with Crippen molar-refractivity contribution < 1.29 is 23.9 Å². The molecule has 2 aromatic rings. The van der Waals surface area contributed by atoms with E-state index in [1.165, 1.54) is 19.2 Å². The first-order valence-corrected chi connectivity index (χ1v) is 6.67. The summed E-state index contributed by atoms with van der Waals surface area (Å²) < 4.78 is 15.3. The van der Waals surface area contributed by atoms with Gasteiger partial charge in [0.15, 0.2) is 0 Å². The van der Waals surface area contributed by atoms with Crippen LogP contribution in [0.15, 0.2) is 42.5 Å². The van der Waals surface area contributed by atoms with Gasteiger partial charge in [0.1, 0.15) is 23.7 Å². The predicted molar refractivity (Wildman–Crippen MR) is 81.8 cm³/mol. The first-order chi connectivity index (χ1) is 11.0. The molecular formula is C16H15NO6. The van der Waals surface area contributed by atoms with Gasteiger partial charge in [-0.2, -0.15) is 0 Å². The number of nitrogens with zero attached hydrogens (tertiary/aromatic N) is 1. The second-order valence-corrected chi connectivity index (χ2v) is 4.57. The van der Waals surface area contributed by atoms with E-state index in [-0.39, 0.29) is 23.6 Å². The Labute approximate surface area is 132 Å². The molecule has 0 aromatic heterocycles. The van der Waals surface area contributed by atoms with Crippen LogP contribution in [0.3, 0.4) is 0 Å². The molecule has 7 nitrogen and oxygen atoms in total. The maximum Gasteiger partial charge on any atom is 0.342 e. The number of hydrogen-bond donors (Lipinski definition) is 0. The molecule has 0 amide bonds. The highest BCUT2D eigenvalue weighted by Gasteiger charge is 2.18. The zero-order valence-electron chi connectivity index (χ0n) is 12.6. The molecule has 23 heavy (non-hydrogen) atoms. The van der Waals surface area contributed by atoms with E-state index in [4.69, 9.17) is 14.2 Å². The van der Waals surface area contributed by atoms with E-state index in [0.717, 1.165) is 11.6 Å². The normalized spacial score (nSPS) is 10.0. The Kier molecular flexibility index (Phi) is 5.14. The van der Waals surface area contributed by atoms with Crippen molar-refractivity contribution in [3.8, 4) is 11.5 Å². The van der Waals surface area contributed by atoms with E-state index in [1.807, 2.05) is 0 Å². The van der Waals surface area contributed by atoms with E-state index in [9.17, 15) is 14.9 Å². The molecule has 0 heterocycles. The number of ether oxygens (including phenoxy) is 3. The summed E-state index contributed by atoms with van der Waals surface area (Å²) in [5, 5.41) is 10.8. The van der Waals surface area contributed by atoms with Crippen LogP contribution in [0.25, 0.3) is 0 Å². The third-order valence-electron chi connectivity index (χ3n) is 3.14. The number of nitro groups is 1. The molecule has 2 rings (SSSR count). The lowest BCUT2D eigenvalue weighted by atomic mass is 10.1. The molecule has 0 aliphatic rings. The second-order valence-electron chi connectivity index (χ2n) is 4.57. The second kappa shape index (κ2) is 7.26. The van der Waals surface area contributed by atoms with Gasteiger partial charge in [-0.1, -0.05) is 12.1 Å². The molecule has 0 saturated carbocycles. The number of rotatable bonds is 6. The average Bonchev–Trinajstić information content (AvgIpc) is 2.59. The van der Waals surface area contributed by atoms with Gasteiger partial charge in [-0.05, 0) is 23.8 Å². The first kappa shape index (κ1) is 16.3. The van der Waals surface area contributed by atoms with E-state index >= 15 is 0 Å². The average molecular weight is 317 g/mol. The van der Waals surface area contributed by atoms with Crippen LogP contribution in [-0.2, 0) is 11.3 Å². The fraction of sp³-hybridized carbons (Fsp3) is 0.188. The van der Waals surface area contributed by atoms with Crippen LogP contribution in [0, 0.1) is 10.1 Å². The fourth-order valence-corrected chi connectivity index (χ4v) is 1.92. The van der Waals surface area contributed by atoms with Crippen LogP contribution >= 0.6 is 0 Å². The molecule has 0 unspecified atom stereocenters. The summed E-state index contributed by atoms with van der Waals surface area (Å²) in [6.45, 7) is 0.0364. The van der Waals surface area contributed by atoms with Crippen molar-refractivity contribution in [2.24, 2.45) is 0 Å². The van der Waals surface area contributed by atoms with Crippen LogP contribution < -0.4 is 9.47 Å². The molecule has 120 valence electrons. The summed E-state index contributed by atoms with van der Waals surface area (Å²) in [6.07, 6.45) is 0. The molecule has 0 N–H and O–H groups in total. The molecule has 0 aliphatic carbocycles. The van der Waals surface area contributed by atoms with Crippen LogP contribution in [-0.4, -0.2) is 25.1 Å². The highest BCUT2D eigenvalue weighted by molar-refractivity contribution is 5.93. The van der Waals surface area contributed by atoms with Crippen molar-refractivity contribution in [2.75, 3.05) is 14.2 Å². The largest absolute Gasteiger partial charge is 0.497 e. The molecular weight excluding hydrogens is 302 g/mol. The number of hydrogen-bond acceptors (Lipinski definition) is 6. The van der Waals surface area contributed by atoms with Crippen LogP contribution in [0.4, 0.5) is 5.69 Å². The summed E-state index contributed by atoms with van der Waals surface area (Å²) >= 11 is 0. The third-order valence-corrected chi connectivity index (χ3v) is 3.14. The molecule has 0 aliphatic heterocycles. The summed E-state index contributed by atoms with van der Waals surface area (Å²) in [5.74, 6) is 0.220. The SMILES string of the molecule is COc1ccc(COC(=O)c2cc([N+](=O)[O-])ccc2OC)cc1. The van der Waals surface area contributed by atoms with Gasteiger partial charge in [-0.15, -0.1) is 0 Å². The monoisotopic (exact) mass is 317 g/mol. The third kappa shape index (κ3) is 3.97. The van der Waals surface area contributed by atoms with Gasteiger partial charge in [-0.3, -0.25) is 10.1 Å². The lowest BCUT2D eigenvalue weighted by Crippen LogP contribution is -2.08. The Morgan fingerprint density at radius 1 is 1.09 bits per heavy atom. The van der Waals surface area contributed by atoms with Crippen LogP contribution in [0.2, 0.25) is 0 Å². The van der Waals surface area contributed by atoms with E-state index in [2.05, 4.69) is 0 Å². The standard InChI is InChI=1S/C16H15NO6/c1-21-13-6-3-11(4-7-13)10-23-16(18)14-9-12(17(19)20)5-8-15(14)22-2/h3-9H,10H2,1-2H3. The number of non-ortho nitro benzene ring substituents is 1. The lowest BCUT2D eigenvalue weighted by Gasteiger charge is -2.09. The highest BCUT2D eigenvalue weighted by Crippen LogP contribution is 2.25. The molecule has 0 spiro atoms. The van der Waals surface area contributed by atoms with Crippen LogP contribution in [0.1, 0.15) is 15.9 Å². The summed E-state index contributed by atoms with van der Waals surface area (Å²) in [5.41, 5.74) is 0.570. The van der Waals surface area contributed by atoms with Crippen molar-refractivity contribution in [3.63, 3.8) is 0 Å². The molecule has 0 radical (unpaired) electrons. The van der Waals surface area contributed by atoms with E-state index < -0.39 is 10.9 Å². The van der Waals surface area contributed by atoms with Gasteiger partial charge in [0.05, 0.1) is 19.1 Å². The quantitative estimate of drug-likeness (QED) is 0.462. The van der Waals surface area contributed by atoms with Crippen molar-refractivity contribution in [1.82, 2.24) is 0 Å². The summed E-state index contributed by atoms with van der Waals surface area (Å²) in [7, 11) is 2.94. The maximum absolute atomic E-state index is 12.1. The zero-order valence-corrected chi connectivity index (χ0v) is 12.6. The highest BCUT2D eigenvalue weighted by atomic mass is 16.6. The van der Waals surface area contributed by atoms with Gasteiger partial charge in [0.2, 0.25) is 0 Å². The smallest absolute Gasteiger partial charge is 0.342 e. The minimum atomic E-state index is -0.693. The summed E-state index contributed by atoms with van der Waals surface area (Å²) in [6, 6.07) is 10.8. The molecule has 0 saturated heterocycles. The number of carbonyl (C=O) groups is 1. The first-order valence-electron chi connectivity index (χ1n) is 6.67. The zero-order chi connectivity index (χ0) is 16.8. The number of nitro benzene ring substituents is 1. The number of benzene rings is 2. The van der Waals surface area contributed by atoms with Gasteiger partial charge < -0.3 is 14.2 Å². The Balaban J connectivity index is 2.12. The lowest BCUT2D eigenvalue weighted by molar-refractivity contribution is -0.384. The van der Waals surface area contributed by atoms with Crippen molar-refractivity contribution in [2.45, 2.75) is 6.61 Å². The Bertz CT molecular complexity index is 711. The van der Waals surface area contributed by atoms with Gasteiger partial charge in [0, 0.05) is 12.1 Å². The molecule has 2 aromatic carbocycles. The van der Waals surface area contributed by atoms with E-state index in [1.54, 1.807) is 31.4 Å². The fourth-order valence-electron chi connectivity index (χ4n) is 1.92. The van der Waals surface area contributed by atoms with E-state index in [0.29, 0.717) is 5.75 Å². The topological polar surface area (TPSA) is 87.9 Å². The number of carbonyl (C=O) groups excluding carboxylic acids is 1. The molecule has 0 atom stereocenters. The number of esters is 1. The van der Waals surface area contributed by atoms with Crippen LogP contribution in [0.5, 0.6) is 11.5 Å². The van der Waals surface area contributed by atoms with Gasteiger partial charge in [0.25, 0.3) is 5.69 Å². The minimum Gasteiger partial charge on any atom is -0.497 e. The molecule has 0 bridgehead atoms. The summed E-state index contributed by atoms with van der Waals surface area (Å²) in [4.78, 5) is 22.4. The molecule has 0 fully saturated rings. The van der Waals surface area contributed by atoms with Crippen molar-refractivity contribution in [3.05, 3.63) is 63.7 Å². The number of methoxy groups -OCH3 is 2. The van der Waals surface area contributed by atoms with Gasteiger partial charge in [-0.25, -0.2) is 4.79 Å². The molecule has 7 heteroatoms. The maximum atomic E-state index is 12.1.